The zero-order valence-electron chi connectivity index (χ0n) is 19.1. The topological polar surface area (TPSA) is 27.0 Å². The van der Waals surface area contributed by atoms with Gasteiger partial charge in [0.05, 0.1) is 16.8 Å². The summed E-state index contributed by atoms with van der Waals surface area (Å²) >= 11 is 12.6. The number of aryl methyl sites for hydroxylation is 1. The molecule has 1 aliphatic rings. The van der Waals surface area contributed by atoms with Crippen molar-refractivity contribution in [1.29, 1.82) is 5.26 Å². The molecule has 0 heterocycles. The molecule has 3 unspecified atom stereocenters. The minimum Gasteiger partial charge on any atom is -0.301 e. The zero-order chi connectivity index (χ0) is 22.6. The Balaban J connectivity index is 0.00000107. The second-order valence-electron chi connectivity index (χ2n) is 8.42. The van der Waals surface area contributed by atoms with Crippen molar-refractivity contribution in [1.82, 2.24) is 4.90 Å². The van der Waals surface area contributed by atoms with Crippen molar-refractivity contribution in [3.8, 4) is 6.07 Å². The monoisotopic (exact) mass is 458 g/mol. The first-order valence-corrected chi connectivity index (χ1v) is 12.3. The van der Waals surface area contributed by atoms with Gasteiger partial charge < -0.3 is 4.90 Å². The molecule has 0 radical (unpaired) electrons. The fourth-order valence-electron chi connectivity index (χ4n) is 4.33. The lowest BCUT2D eigenvalue weighted by Crippen LogP contribution is -2.35. The van der Waals surface area contributed by atoms with Crippen molar-refractivity contribution in [3.63, 3.8) is 0 Å². The molecule has 3 rings (SSSR count). The molecule has 1 saturated carbocycles. The standard InChI is InChI=1S/C25H33Cl2N.C2H3N/c1-3-28(16-15-20-7-5-4-6-8-20)19(2)9-10-21-11-13-22(14-12-21)23-17-24(26)25(27)18-23;1-2-3/h4-8,11-14,19,23-25H,3,9-10,15-18H2,1-2H3;1H3. The second-order valence-corrected chi connectivity index (χ2v) is 9.54. The second kappa shape index (κ2) is 13.8. The fourth-order valence-corrected chi connectivity index (χ4v) is 4.97. The third kappa shape index (κ3) is 8.49. The maximum atomic E-state index is 7.32. The van der Waals surface area contributed by atoms with Crippen molar-refractivity contribution in [3.05, 3.63) is 71.3 Å². The predicted octanol–water partition coefficient (Wildman–Crippen LogP) is 7.19. The quantitative estimate of drug-likeness (QED) is 0.371. The van der Waals surface area contributed by atoms with Gasteiger partial charge in [-0.2, -0.15) is 5.26 Å². The summed E-state index contributed by atoms with van der Waals surface area (Å²) in [5.74, 6) is 0.520. The summed E-state index contributed by atoms with van der Waals surface area (Å²) in [4.78, 5) is 2.60. The largest absolute Gasteiger partial charge is 0.301 e. The van der Waals surface area contributed by atoms with E-state index in [0.717, 1.165) is 38.8 Å². The van der Waals surface area contributed by atoms with Gasteiger partial charge in [-0.15, -0.1) is 23.2 Å². The van der Waals surface area contributed by atoms with Crippen molar-refractivity contribution in [2.24, 2.45) is 0 Å². The van der Waals surface area contributed by atoms with Crippen LogP contribution in [0.3, 0.4) is 0 Å². The molecule has 1 aliphatic carbocycles. The SMILES string of the molecule is CC#N.CCN(CCc1ccccc1)C(C)CCc1ccc(C2CC(Cl)C(Cl)C2)cc1. The number of nitrogens with zero attached hydrogens (tertiary/aromatic N) is 2. The highest BCUT2D eigenvalue weighted by molar-refractivity contribution is 6.30. The minimum atomic E-state index is 0.114. The average Bonchev–Trinajstić information content (AvgIpc) is 3.12. The van der Waals surface area contributed by atoms with Crippen LogP contribution in [0.5, 0.6) is 0 Å². The van der Waals surface area contributed by atoms with Crippen LogP contribution < -0.4 is 0 Å². The molecule has 31 heavy (non-hydrogen) atoms. The Morgan fingerprint density at radius 2 is 1.52 bits per heavy atom. The first kappa shape index (κ1) is 25.7. The predicted molar refractivity (Wildman–Crippen MR) is 134 cm³/mol. The van der Waals surface area contributed by atoms with Crippen molar-refractivity contribution >= 4 is 23.2 Å². The molecule has 2 aromatic rings. The van der Waals surface area contributed by atoms with E-state index in [0.29, 0.717) is 12.0 Å². The average molecular weight is 460 g/mol. The maximum absolute atomic E-state index is 7.32. The van der Waals surface area contributed by atoms with Crippen molar-refractivity contribution in [2.45, 2.75) is 75.6 Å². The molecule has 3 atom stereocenters. The van der Waals surface area contributed by atoms with E-state index in [4.69, 9.17) is 28.5 Å². The van der Waals surface area contributed by atoms with E-state index in [1.807, 2.05) is 0 Å². The molecule has 0 N–H and O–H groups in total. The lowest BCUT2D eigenvalue weighted by molar-refractivity contribution is 0.212. The Bertz CT molecular complexity index is 775. The molecular formula is C27H36Cl2N2. The molecule has 0 amide bonds. The summed E-state index contributed by atoms with van der Waals surface area (Å²) in [7, 11) is 0. The van der Waals surface area contributed by atoms with Gasteiger partial charge in [-0.1, -0.05) is 61.5 Å². The van der Waals surface area contributed by atoms with Gasteiger partial charge in [-0.3, -0.25) is 0 Å². The summed E-state index contributed by atoms with van der Waals surface area (Å²) in [6.07, 6.45) is 5.44. The Kier molecular flexibility index (Phi) is 11.4. The van der Waals surface area contributed by atoms with E-state index in [1.165, 1.54) is 30.0 Å². The van der Waals surface area contributed by atoms with Gasteiger partial charge in [0.25, 0.3) is 0 Å². The van der Waals surface area contributed by atoms with Crippen molar-refractivity contribution < 1.29 is 0 Å². The Morgan fingerprint density at radius 1 is 0.968 bits per heavy atom. The summed E-state index contributed by atoms with van der Waals surface area (Å²) in [6, 6.07) is 22.3. The number of hydrogen-bond donors (Lipinski definition) is 0. The van der Waals surface area contributed by atoms with Crippen LogP contribution in [0.1, 0.15) is 62.6 Å². The van der Waals surface area contributed by atoms with Gasteiger partial charge >= 0.3 is 0 Å². The molecule has 2 aromatic carbocycles. The van der Waals surface area contributed by atoms with Crippen molar-refractivity contribution in [2.75, 3.05) is 13.1 Å². The normalized spacial score (nSPS) is 21.3. The molecule has 168 valence electrons. The van der Waals surface area contributed by atoms with E-state index < -0.39 is 0 Å². The fraction of sp³-hybridized carbons (Fsp3) is 0.519. The van der Waals surface area contributed by atoms with Crippen LogP contribution in [0.2, 0.25) is 0 Å². The summed E-state index contributed by atoms with van der Waals surface area (Å²) in [5.41, 5.74) is 4.25. The smallest absolute Gasteiger partial charge is 0.0587 e. The number of benzene rings is 2. The van der Waals surface area contributed by atoms with Crippen LogP contribution in [-0.4, -0.2) is 34.8 Å². The Labute approximate surface area is 199 Å². The Hall–Kier alpha value is -1.53. The van der Waals surface area contributed by atoms with Gasteiger partial charge in [0.15, 0.2) is 0 Å². The van der Waals surface area contributed by atoms with Crippen LogP contribution in [0.4, 0.5) is 0 Å². The molecular weight excluding hydrogens is 423 g/mol. The van der Waals surface area contributed by atoms with Gasteiger partial charge in [-0.25, -0.2) is 0 Å². The van der Waals surface area contributed by atoms with Gasteiger partial charge in [0.1, 0.15) is 0 Å². The number of rotatable bonds is 9. The van der Waals surface area contributed by atoms with Crippen LogP contribution in [0, 0.1) is 11.3 Å². The number of hydrogen-bond acceptors (Lipinski definition) is 2. The summed E-state index contributed by atoms with van der Waals surface area (Å²) in [5, 5.41) is 7.55. The van der Waals surface area contributed by atoms with Crippen LogP contribution >= 0.6 is 23.2 Å². The molecule has 0 saturated heterocycles. The van der Waals surface area contributed by atoms with Crippen LogP contribution in [-0.2, 0) is 12.8 Å². The molecule has 4 heteroatoms. The highest BCUT2D eigenvalue weighted by Gasteiger charge is 2.32. The van der Waals surface area contributed by atoms with E-state index >= 15 is 0 Å². The molecule has 0 spiro atoms. The number of nitriles is 1. The van der Waals surface area contributed by atoms with Gasteiger partial charge in [-0.05, 0) is 68.2 Å². The van der Waals surface area contributed by atoms with Crippen LogP contribution in [0.25, 0.3) is 0 Å². The maximum Gasteiger partial charge on any atom is 0.0587 e. The lowest BCUT2D eigenvalue weighted by Gasteiger charge is -2.28. The van der Waals surface area contributed by atoms with E-state index in [-0.39, 0.29) is 10.8 Å². The zero-order valence-corrected chi connectivity index (χ0v) is 20.6. The number of halogens is 2. The van der Waals surface area contributed by atoms with Crippen LogP contribution in [0.15, 0.2) is 54.6 Å². The highest BCUT2D eigenvalue weighted by Crippen LogP contribution is 2.40. The van der Waals surface area contributed by atoms with E-state index in [2.05, 4.69) is 73.3 Å². The molecule has 0 bridgehead atoms. The lowest BCUT2D eigenvalue weighted by atomic mass is 9.95. The van der Waals surface area contributed by atoms with Gasteiger partial charge in [0, 0.05) is 19.5 Å². The Morgan fingerprint density at radius 3 is 2.06 bits per heavy atom. The first-order valence-electron chi connectivity index (χ1n) is 11.4. The molecule has 0 aliphatic heterocycles. The summed E-state index contributed by atoms with van der Waals surface area (Å²) < 4.78 is 0. The minimum absolute atomic E-state index is 0.114. The first-order chi connectivity index (χ1) is 15.0. The van der Waals surface area contributed by atoms with E-state index in [9.17, 15) is 0 Å². The van der Waals surface area contributed by atoms with E-state index in [1.54, 1.807) is 6.07 Å². The summed E-state index contributed by atoms with van der Waals surface area (Å²) in [6.45, 7) is 8.30. The number of alkyl halides is 2. The highest BCUT2D eigenvalue weighted by atomic mass is 35.5. The molecule has 1 fully saturated rings. The number of likely N-dealkylation sites (N-methyl/N-ethyl adjacent to an activating group) is 1. The van der Waals surface area contributed by atoms with Gasteiger partial charge in [0.2, 0.25) is 0 Å². The third-order valence-corrected chi connectivity index (χ3v) is 7.37. The third-order valence-electron chi connectivity index (χ3n) is 6.27. The molecule has 2 nitrogen and oxygen atoms in total. The molecule has 0 aromatic heterocycles.